The minimum Gasteiger partial charge on any atom is -0.322 e. The summed E-state index contributed by atoms with van der Waals surface area (Å²) in [4.78, 5) is 25.2. The van der Waals surface area contributed by atoms with Gasteiger partial charge in [0.05, 0.1) is 16.3 Å². The van der Waals surface area contributed by atoms with Gasteiger partial charge in [0.25, 0.3) is 21.8 Å². The van der Waals surface area contributed by atoms with E-state index in [4.69, 9.17) is 23.2 Å². The monoisotopic (exact) mass is 594 g/mol. The molecule has 4 aromatic carbocycles. The highest BCUT2D eigenvalue weighted by molar-refractivity contribution is 7.92. The van der Waals surface area contributed by atoms with Crippen LogP contribution in [0.4, 0.5) is 11.4 Å². The number of carbonyl (C=O) groups is 2. The molecule has 0 atom stereocenters. The number of nitrogens with zero attached hydrogens (tertiary/aromatic N) is 2. The molecular formula is C29H24Cl2N4O4S. The maximum atomic E-state index is 13.4. The van der Waals surface area contributed by atoms with Crippen LogP contribution in [0.2, 0.25) is 10.0 Å². The van der Waals surface area contributed by atoms with E-state index in [1.54, 1.807) is 73.7 Å². The highest BCUT2D eigenvalue weighted by Crippen LogP contribution is 2.26. The van der Waals surface area contributed by atoms with Gasteiger partial charge in [0.15, 0.2) is 0 Å². The quantitative estimate of drug-likeness (QED) is 0.183. The predicted octanol–water partition coefficient (Wildman–Crippen LogP) is 5.98. The number of anilines is 2. The number of hydrogen-bond acceptors (Lipinski definition) is 5. The van der Waals surface area contributed by atoms with Gasteiger partial charge in [-0.05, 0) is 79.2 Å². The van der Waals surface area contributed by atoms with Crippen molar-refractivity contribution in [2.75, 3.05) is 16.2 Å². The summed E-state index contributed by atoms with van der Waals surface area (Å²) in [6.07, 6.45) is 0. The van der Waals surface area contributed by atoms with Crippen LogP contribution in [0.25, 0.3) is 0 Å². The molecule has 0 aliphatic carbocycles. The maximum absolute atomic E-state index is 13.4. The van der Waals surface area contributed by atoms with Crippen molar-refractivity contribution in [1.29, 1.82) is 0 Å². The van der Waals surface area contributed by atoms with E-state index in [0.717, 1.165) is 4.31 Å². The van der Waals surface area contributed by atoms with E-state index in [0.29, 0.717) is 32.6 Å². The highest BCUT2D eigenvalue weighted by Gasteiger charge is 2.27. The second kappa shape index (κ2) is 12.8. The molecule has 8 nitrogen and oxygen atoms in total. The summed E-state index contributed by atoms with van der Waals surface area (Å²) >= 11 is 12.0. The second-order valence-corrected chi connectivity index (χ2v) is 11.3. The fourth-order valence-corrected chi connectivity index (χ4v) is 5.37. The van der Waals surface area contributed by atoms with Gasteiger partial charge >= 0.3 is 0 Å². The van der Waals surface area contributed by atoms with E-state index >= 15 is 0 Å². The molecule has 4 rings (SSSR count). The first kappa shape index (κ1) is 28.8. The molecule has 204 valence electrons. The van der Waals surface area contributed by atoms with Crippen LogP contribution >= 0.6 is 23.2 Å². The van der Waals surface area contributed by atoms with Crippen LogP contribution in [-0.2, 0) is 14.8 Å². The van der Waals surface area contributed by atoms with E-state index in [1.807, 2.05) is 6.07 Å². The zero-order valence-corrected chi connectivity index (χ0v) is 23.5. The molecule has 2 N–H and O–H groups in total. The Morgan fingerprint density at radius 1 is 0.800 bits per heavy atom. The third-order valence-corrected chi connectivity index (χ3v) is 8.01. The summed E-state index contributed by atoms with van der Waals surface area (Å²) in [6.45, 7) is 1.14. The molecule has 2 amide bonds. The lowest BCUT2D eigenvalue weighted by atomic mass is 10.1. The topological polar surface area (TPSA) is 108 Å². The largest absolute Gasteiger partial charge is 0.322 e. The van der Waals surface area contributed by atoms with E-state index < -0.39 is 22.5 Å². The van der Waals surface area contributed by atoms with Gasteiger partial charge < -0.3 is 5.32 Å². The Labute approximate surface area is 242 Å². The molecule has 0 saturated carbocycles. The molecule has 0 aromatic heterocycles. The average Bonchev–Trinajstić information content (AvgIpc) is 2.95. The number of hydrazone groups is 1. The number of hydrogen-bond donors (Lipinski definition) is 2. The summed E-state index contributed by atoms with van der Waals surface area (Å²) in [5.74, 6) is -0.896. The first-order valence-electron chi connectivity index (χ1n) is 12.0. The lowest BCUT2D eigenvalue weighted by Gasteiger charge is -2.24. The number of carbonyl (C=O) groups excluding carboxylic acids is 2. The van der Waals surface area contributed by atoms with Crippen LogP contribution < -0.4 is 15.0 Å². The Morgan fingerprint density at radius 3 is 2.12 bits per heavy atom. The van der Waals surface area contributed by atoms with Crippen molar-refractivity contribution in [3.05, 3.63) is 124 Å². The van der Waals surface area contributed by atoms with E-state index in [1.165, 1.54) is 30.3 Å². The molecule has 0 fully saturated rings. The molecule has 4 aromatic rings. The molecule has 0 aliphatic rings. The Morgan fingerprint density at radius 2 is 1.48 bits per heavy atom. The number of amides is 2. The van der Waals surface area contributed by atoms with Gasteiger partial charge in [0.1, 0.15) is 6.54 Å². The number of halogens is 2. The Hall–Kier alpha value is -4.18. The lowest BCUT2D eigenvalue weighted by molar-refractivity contribution is -0.119. The molecular weight excluding hydrogens is 571 g/mol. The van der Waals surface area contributed by atoms with Crippen LogP contribution in [0.15, 0.2) is 113 Å². The number of sulfonamides is 1. The number of nitrogens with one attached hydrogen (secondary N) is 2. The predicted molar refractivity (Wildman–Crippen MR) is 159 cm³/mol. The van der Waals surface area contributed by atoms with Crippen LogP contribution in [-0.4, -0.2) is 32.5 Å². The molecule has 11 heteroatoms. The van der Waals surface area contributed by atoms with Crippen LogP contribution in [0.1, 0.15) is 22.8 Å². The van der Waals surface area contributed by atoms with Crippen molar-refractivity contribution in [3.8, 4) is 0 Å². The van der Waals surface area contributed by atoms with Gasteiger partial charge in [0.2, 0.25) is 0 Å². The Balaban J connectivity index is 1.47. The van der Waals surface area contributed by atoms with Gasteiger partial charge in [-0.15, -0.1) is 0 Å². The fourth-order valence-electron chi connectivity index (χ4n) is 3.64. The number of benzene rings is 4. The molecule has 40 heavy (non-hydrogen) atoms. The minimum absolute atomic E-state index is 0.0381. The zero-order valence-electron chi connectivity index (χ0n) is 21.2. The van der Waals surface area contributed by atoms with Crippen molar-refractivity contribution in [3.63, 3.8) is 0 Å². The van der Waals surface area contributed by atoms with Crippen molar-refractivity contribution in [1.82, 2.24) is 5.43 Å². The van der Waals surface area contributed by atoms with Crippen molar-refractivity contribution < 1.29 is 18.0 Å². The SMILES string of the molecule is C/C(=N/NC(=O)CN(c1cccc(Cl)c1)S(=O)(=O)c1ccc(Cl)cc1)c1ccc(NC(=O)c2ccccc2)cc1. The summed E-state index contributed by atoms with van der Waals surface area (Å²) in [7, 11) is -4.14. The molecule has 0 heterocycles. The summed E-state index contributed by atoms with van der Waals surface area (Å²) in [6, 6.07) is 27.6. The highest BCUT2D eigenvalue weighted by atomic mass is 35.5. The molecule has 0 bridgehead atoms. The van der Waals surface area contributed by atoms with Crippen LogP contribution in [0.5, 0.6) is 0 Å². The third kappa shape index (κ3) is 7.26. The van der Waals surface area contributed by atoms with Gasteiger partial charge in [0, 0.05) is 21.3 Å². The average molecular weight is 596 g/mol. The minimum atomic E-state index is -4.14. The maximum Gasteiger partial charge on any atom is 0.264 e. The van der Waals surface area contributed by atoms with Crippen LogP contribution in [0.3, 0.4) is 0 Å². The first-order valence-corrected chi connectivity index (χ1v) is 14.2. The summed E-state index contributed by atoms with van der Waals surface area (Å²) < 4.78 is 27.8. The van der Waals surface area contributed by atoms with E-state index in [2.05, 4.69) is 15.8 Å². The molecule has 0 aliphatic heterocycles. The van der Waals surface area contributed by atoms with Gasteiger partial charge in [-0.3, -0.25) is 13.9 Å². The van der Waals surface area contributed by atoms with Gasteiger partial charge in [-0.2, -0.15) is 5.10 Å². The number of rotatable bonds is 9. The smallest absolute Gasteiger partial charge is 0.264 e. The molecule has 0 saturated heterocycles. The van der Waals surface area contributed by atoms with Crippen LogP contribution in [0, 0.1) is 0 Å². The van der Waals surface area contributed by atoms with Crippen molar-refractivity contribution in [2.24, 2.45) is 5.10 Å². The molecule has 0 spiro atoms. The third-order valence-electron chi connectivity index (χ3n) is 5.73. The summed E-state index contributed by atoms with van der Waals surface area (Å²) in [5, 5.41) is 7.64. The van der Waals surface area contributed by atoms with Gasteiger partial charge in [-0.25, -0.2) is 13.8 Å². The van der Waals surface area contributed by atoms with E-state index in [9.17, 15) is 18.0 Å². The van der Waals surface area contributed by atoms with Gasteiger partial charge in [-0.1, -0.05) is 59.6 Å². The summed E-state index contributed by atoms with van der Waals surface area (Å²) in [5.41, 5.74) is 4.93. The van der Waals surface area contributed by atoms with Crippen molar-refractivity contribution in [2.45, 2.75) is 11.8 Å². The lowest BCUT2D eigenvalue weighted by Crippen LogP contribution is -2.39. The fraction of sp³-hybridized carbons (Fsp3) is 0.0690. The standard InChI is InChI=1S/C29H24Cl2N4O4S/c1-20(21-10-14-25(15-11-21)32-29(37)22-6-3-2-4-7-22)33-34-28(36)19-35(26-9-5-8-24(31)18-26)40(38,39)27-16-12-23(30)13-17-27/h2-18H,19H2,1H3,(H,32,37)(H,34,36)/b33-20-. The van der Waals surface area contributed by atoms with Crippen molar-refractivity contribution >= 4 is 62.1 Å². The first-order chi connectivity index (χ1) is 19.1. The Kier molecular flexibility index (Phi) is 9.21. The normalized spacial score (nSPS) is 11.5. The zero-order chi connectivity index (χ0) is 28.7. The Bertz CT molecular complexity index is 1640. The van der Waals surface area contributed by atoms with E-state index in [-0.39, 0.29) is 16.5 Å². The second-order valence-electron chi connectivity index (χ2n) is 8.58. The molecule has 0 unspecified atom stereocenters. The molecule has 0 radical (unpaired) electrons.